The molecule has 0 saturated heterocycles. The zero-order valence-corrected chi connectivity index (χ0v) is 30.1. The number of nitrogens with zero attached hydrogens (tertiary/aromatic N) is 2. The molecule has 4 aromatic carbocycles. The Hall–Kier alpha value is -3.92. The molecular formula is C42H52N2O2. The largest absolute Gasteiger partial charge is 0.497 e. The molecule has 0 atom stereocenters. The maximum atomic E-state index is 5.62. The Morgan fingerprint density at radius 1 is 0.478 bits per heavy atom. The van der Waals surface area contributed by atoms with Gasteiger partial charge in [0, 0.05) is 54.7 Å². The SMILES string of the molecule is COc1ccc2c(c1)c1cc(OC)ccc1n2C(C)(C)CCC(C)(C)c1ccc2c(c1)c1cc(C(C)(C)C)ccc1n2C(C)(C)C. The van der Waals surface area contributed by atoms with Crippen LogP contribution in [0.25, 0.3) is 43.6 Å². The van der Waals surface area contributed by atoms with E-state index in [4.69, 9.17) is 9.47 Å². The van der Waals surface area contributed by atoms with Crippen LogP contribution in [-0.2, 0) is 21.9 Å². The third-order valence-electron chi connectivity index (χ3n) is 10.2. The molecular weight excluding hydrogens is 564 g/mol. The van der Waals surface area contributed by atoms with Gasteiger partial charge in [0.05, 0.1) is 14.2 Å². The molecule has 0 saturated carbocycles. The van der Waals surface area contributed by atoms with Crippen LogP contribution in [0.1, 0.15) is 93.2 Å². The molecule has 0 unspecified atom stereocenters. The Bertz CT molecular complexity index is 2030. The minimum absolute atomic E-state index is 0.0194. The van der Waals surface area contributed by atoms with E-state index < -0.39 is 0 Å². The van der Waals surface area contributed by atoms with Crippen molar-refractivity contribution in [2.45, 2.75) is 104 Å². The smallest absolute Gasteiger partial charge is 0.119 e. The normalized spacial score (nSPS) is 13.4. The Balaban J connectivity index is 1.41. The molecule has 46 heavy (non-hydrogen) atoms. The Morgan fingerprint density at radius 2 is 0.891 bits per heavy atom. The van der Waals surface area contributed by atoms with Gasteiger partial charge in [-0.05, 0) is 130 Å². The van der Waals surface area contributed by atoms with Crippen LogP contribution in [-0.4, -0.2) is 23.4 Å². The van der Waals surface area contributed by atoms with E-state index in [1.807, 2.05) is 0 Å². The quantitative estimate of drug-likeness (QED) is 0.178. The van der Waals surface area contributed by atoms with Crippen LogP contribution in [0.5, 0.6) is 11.5 Å². The first-order valence-electron chi connectivity index (χ1n) is 16.7. The summed E-state index contributed by atoms with van der Waals surface area (Å²) in [5.41, 5.74) is 7.74. The second kappa shape index (κ2) is 10.8. The zero-order chi connectivity index (χ0) is 33.4. The molecule has 0 aliphatic carbocycles. The first-order valence-corrected chi connectivity index (χ1v) is 16.7. The summed E-state index contributed by atoms with van der Waals surface area (Å²) in [5, 5.41) is 5.09. The van der Waals surface area contributed by atoms with Gasteiger partial charge in [-0.2, -0.15) is 0 Å². The van der Waals surface area contributed by atoms with Crippen LogP contribution in [0.3, 0.4) is 0 Å². The fraction of sp³-hybridized carbons (Fsp3) is 0.429. The third kappa shape index (κ3) is 5.34. The van der Waals surface area contributed by atoms with E-state index in [1.165, 1.54) is 54.7 Å². The summed E-state index contributed by atoms with van der Waals surface area (Å²) in [4.78, 5) is 0. The predicted molar refractivity (Wildman–Crippen MR) is 197 cm³/mol. The zero-order valence-electron chi connectivity index (χ0n) is 30.1. The number of benzene rings is 4. The summed E-state index contributed by atoms with van der Waals surface area (Å²) in [6.45, 7) is 23.4. The Morgan fingerprint density at radius 3 is 1.35 bits per heavy atom. The first kappa shape index (κ1) is 32.0. The molecule has 0 amide bonds. The van der Waals surface area contributed by atoms with E-state index in [9.17, 15) is 0 Å². The lowest BCUT2D eigenvalue weighted by Gasteiger charge is -2.34. The van der Waals surface area contributed by atoms with Crippen molar-refractivity contribution in [1.29, 1.82) is 0 Å². The standard InChI is InChI=1S/C42H52N2O2/c1-39(2,3)27-13-17-35-31(23-27)32-24-28(14-18-36(32)43(35)40(4,5)6)41(7,8)21-22-42(9,10)44-37-19-15-29(45-11)25-33(37)34-26-30(46-12)16-20-38(34)44/h13-20,23-26H,21-22H2,1-12H3. The molecule has 2 aromatic heterocycles. The topological polar surface area (TPSA) is 28.3 Å². The van der Waals surface area contributed by atoms with Crippen LogP contribution in [0, 0.1) is 0 Å². The number of hydrogen-bond donors (Lipinski definition) is 0. The van der Waals surface area contributed by atoms with Crippen molar-refractivity contribution in [2.75, 3.05) is 14.2 Å². The maximum Gasteiger partial charge on any atom is 0.119 e. The van der Waals surface area contributed by atoms with E-state index in [1.54, 1.807) is 14.2 Å². The van der Waals surface area contributed by atoms with E-state index in [0.717, 1.165) is 24.3 Å². The van der Waals surface area contributed by atoms with Gasteiger partial charge in [-0.1, -0.05) is 46.8 Å². The Labute approximate surface area is 275 Å². The predicted octanol–water partition coefficient (Wildman–Crippen LogP) is 11.5. The van der Waals surface area contributed by atoms with E-state index in [0.29, 0.717) is 0 Å². The van der Waals surface area contributed by atoms with Crippen molar-refractivity contribution in [3.63, 3.8) is 0 Å². The van der Waals surface area contributed by atoms with Gasteiger partial charge >= 0.3 is 0 Å². The molecule has 0 fully saturated rings. The highest BCUT2D eigenvalue weighted by atomic mass is 16.5. The second-order valence-corrected chi connectivity index (χ2v) is 16.5. The van der Waals surface area contributed by atoms with Crippen LogP contribution in [0.15, 0.2) is 72.8 Å². The summed E-state index contributed by atoms with van der Waals surface area (Å²) >= 11 is 0. The van der Waals surface area contributed by atoms with Gasteiger partial charge in [0.1, 0.15) is 11.5 Å². The van der Waals surface area contributed by atoms with E-state index in [2.05, 4.69) is 151 Å². The number of ether oxygens (including phenoxy) is 2. The van der Waals surface area contributed by atoms with Crippen molar-refractivity contribution >= 4 is 43.6 Å². The summed E-state index contributed by atoms with van der Waals surface area (Å²) in [6.07, 6.45) is 2.07. The molecule has 242 valence electrons. The van der Waals surface area contributed by atoms with Crippen LogP contribution in [0.4, 0.5) is 0 Å². The van der Waals surface area contributed by atoms with Gasteiger partial charge in [-0.3, -0.25) is 0 Å². The molecule has 2 heterocycles. The van der Waals surface area contributed by atoms with Gasteiger partial charge in [0.15, 0.2) is 0 Å². The summed E-state index contributed by atoms with van der Waals surface area (Å²) < 4.78 is 16.3. The summed E-state index contributed by atoms with van der Waals surface area (Å²) in [6, 6.07) is 27.2. The minimum Gasteiger partial charge on any atom is -0.497 e. The number of fused-ring (bicyclic) bond motifs is 6. The number of methoxy groups -OCH3 is 2. The molecule has 0 bridgehead atoms. The summed E-state index contributed by atoms with van der Waals surface area (Å²) in [7, 11) is 3.46. The highest BCUT2D eigenvalue weighted by Gasteiger charge is 2.31. The number of rotatable bonds is 7. The van der Waals surface area contributed by atoms with Gasteiger partial charge < -0.3 is 18.6 Å². The van der Waals surface area contributed by atoms with E-state index in [-0.39, 0.29) is 21.9 Å². The van der Waals surface area contributed by atoms with Gasteiger partial charge in [-0.25, -0.2) is 0 Å². The molecule has 0 spiro atoms. The number of hydrogen-bond acceptors (Lipinski definition) is 2. The lowest BCUT2D eigenvalue weighted by molar-refractivity contribution is 0.298. The van der Waals surface area contributed by atoms with Crippen molar-refractivity contribution in [1.82, 2.24) is 9.13 Å². The fourth-order valence-electron chi connectivity index (χ4n) is 7.40. The second-order valence-electron chi connectivity index (χ2n) is 16.5. The lowest BCUT2D eigenvalue weighted by Crippen LogP contribution is -2.29. The highest BCUT2D eigenvalue weighted by Crippen LogP contribution is 2.43. The average molecular weight is 617 g/mol. The van der Waals surface area contributed by atoms with Crippen molar-refractivity contribution < 1.29 is 9.47 Å². The molecule has 0 aliphatic heterocycles. The molecule has 4 heteroatoms. The monoisotopic (exact) mass is 616 g/mol. The van der Waals surface area contributed by atoms with Crippen molar-refractivity contribution in [3.8, 4) is 11.5 Å². The van der Waals surface area contributed by atoms with Crippen molar-refractivity contribution in [3.05, 3.63) is 83.9 Å². The van der Waals surface area contributed by atoms with Gasteiger partial charge in [-0.15, -0.1) is 0 Å². The first-order chi connectivity index (χ1) is 21.5. The average Bonchev–Trinajstić information content (AvgIpc) is 3.51. The number of aromatic nitrogens is 2. The Kier molecular flexibility index (Phi) is 7.54. The molecule has 6 rings (SSSR count). The van der Waals surface area contributed by atoms with Crippen LogP contribution < -0.4 is 9.47 Å². The fourth-order valence-corrected chi connectivity index (χ4v) is 7.40. The minimum atomic E-state index is -0.131. The third-order valence-corrected chi connectivity index (χ3v) is 10.2. The van der Waals surface area contributed by atoms with Gasteiger partial charge in [0.25, 0.3) is 0 Å². The summed E-state index contributed by atoms with van der Waals surface area (Å²) in [5.74, 6) is 1.73. The van der Waals surface area contributed by atoms with Crippen LogP contribution >= 0.6 is 0 Å². The molecule has 0 aliphatic rings. The van der Waals surface area contributed by atoms with Crippen LogP contribution in [0.2, 0.25) is 0 Å². The molecule has 0 radical (unpaired) electrons. The van der Waals surface area contributed by atoms with Crippen molar-refractivity contribution in [2.24, 2.45) is 0 Å². The lowest BCUT2D eigenvalue weighted by atomic mass is 9.77. The molecule has 4 nitrogen and oxygen atoms in total. The maximum absolute atomic E-state index is 5.62. The van der Waals surface area contributed by atoms with Gasteiger partial charge in [0.2, 0.25) is 0 Å². The molecule has 6 aromatic rings. The molecule has 0 N–H and O–H groups in total. The van der Waals surface area contributed by atoms with E-state index >= 15 is 0 Å². The highest BCUT2D eigenvalue weighted by molar-refractivity contribution is 6.10.